The van der Waals surface area contributed by atoms with Crippen molar-refractivity contribution in [1.82, 2.24) is 29.5 Å². The standard InChI is InChI=1S/C10H12N6OS/c1-5-8-9(15(3)13-5)16(10(18)12-8)4-7-11-6(2)17-14-7/h4H2,1-3H3,(H,12,18). The van der Waals surface area contributed by atoms with Gasteiger partial charge in [-0.3, -0.25) is 9.25 Å². The molecule has 0 aliphatic carbocycles. The van der Waals surface area contributed by atoms with Crippen molar-refractivity contribution < 1.29 is 4.52 Å². The van der Waals surface area contributed by atoms with Gasteiger partial charge < -0.3 is 9.51 Å². The van der Waals surface area contributed by atoms with Gasteiger partial charge in [-0.25, -0.2) is 0 Å². The van der Waals surface area contributed by atoms with Gasteiger partial charge in [-0.2, -0.15) is 10.1 Å². The molecule has 0 bridgehead atoms. The van der Waals surface area contributed by atoms with Crippen LogP contribution in [0.5, 0.6) is 0 Å². The Balaban J connectivity index is 2.16. The van der Waals surface area contributed by atoms with Crippen LogP contribution in [0.3, 0.4) is 0 Å². The number of aromatic nitrogens is 6. The van der Waals surface area contributed by atoms with Gasteiger partial charge in [0, 0.05) is 14.0 Å². The molecule has 3 heterocycles. The van der Waals surface area contributed by atoms with E-state index in [9.17, 15) is 0 Å². The molecule has 0 radical (unpaired) electrons. The van der Waals surface area contributed by atoms with Crippen LogP contribution >= 0.6 is 12.2 Å². The average Bonchev–Trinajstić information content (AvgIpc) is 2.91. The number of fused-ring (bicyclic) bond motifs is 1. The van der Waals surface area contributed by atoms with Crippen LogP contribution in [0.25, 0.3) is 11.2 Å². The Bertz CT molecular complexity index is 776. The van der Waals surface area contributed by atoms with E-state index in [4.69, 9.17) is 16.7 Å². The lowest BCUT2D eigenvalue weighted by atomic mass is 10.4. The van der Waals surface area contributed by atoms with Gasteiger partial charge in [0.2, 0.25) is 5.89 Å². The summed E-state index contributed by atoms with van der Waals surface area (Å²) in [5, 5.41) is 8.23. The molecule has 7 nitrogen and oxygen atoms in total. The number of H-pyrrole nitrogens is 1. The second-order valence-corrected chi connectivity index (χ2v) is 4.54. The highest BCUT2D eigenvalue weighted by molar-refractivity contribution is 7.71. The number of nitrogens with zero attached hydrogens (tertiary/aromatic N) is 5. The van der Waals surface area contributed by atoms with E-state index in [1.807, 2.05) is 18.5 Å². The van der Waals surface area contributed by atoms with Crippen molar-refractivity contribution in [2.24, 2.45) is 7.05 Å². The van der Waals surface area contributed by atoms with Gasteiger partial charge in [0.1, 0.15) is 5.52 Å². The summed E-state index contributed by atoms with van der Waals surface area (Å²) in [5.41, 5.74) is 2.80. The van der Waals surface area contributed by atoms with Crippen LogP contribution in [-0.2, 0) is 13.6 Å². The average molecular weight is 264 g/mol. The van der Waals surface area contributed by atoms with Gasteiger partial charge in [0.05, 0.1) is 12.2 Å². The summed E-state index contributed by atoms with van der Waals surface area (Å²) in [5.74, 6) is 1.15. The Morgan fingerprint density at radius 3 is 2.83 bits per heavy atom. The lowest BCUT2D eigenvalue weighted by molar-refractivity contribution is 0.386. The zero-order valence-electron chi connectivity index (χ0n) is 10.3. The molecule has 0 aliphatic rings. The highest BCUT2D eigenvalue weighted by atomic mass is 32.1. The number of aryl methyl sites for hydroxylation is 3. The summed E-state index contributed by atoms with van der Waals surface area (Å²) in [6.07, 6.45) is 0. The topological polar surface area (TPSA) is 77.5 Å². The minimum absolute atomic E-state index is 0.467. The molecule has 0 amide bonds. The highest BCUT2D eigenvalue weighted by Gasteiger charge is 2.14. The molecule has 0 spiro atoms. The van der Waals surface area contributed by atoms with Crippen molar-refractivity contribution in [3.05, 3.63) is 22.2 Å². The zero-order chi connectivity index (χ0) is 12.9. The molecule has 18 heavy (non-hydrogen) atoms. The summed E-state index contributed by atoms with van der Waals surface area (Å²) in [7, 11) is 1.88. The second kappa shape index (κ2) is 3.77. The van der Waals surface area contributed by atoms with Crippen LogP contribution in [-0.4, -0.2) is 29.5 Å². The first kappa shape index (κ1) is 11.1. The predicted octanol–water partition coefficient (Wildman–Crippen LogP) is 1.48. The van der Waals surface area contributed by atoms with Crippen LogP contribution in [0.4, 0.5) is 0 Å². The van der Waals surface area contributed by atoms with Crippen molar-refractivity contribution in [3.8, 4) is 0 Å². The van der Waals surface area contributed by atoms with Crippen molar-refractivity contribution >= 4 is 23.4 Å². The van der Waals surface area contributed by atoms with Gasteiger partial charge in [-0.05, 0) is 19.1 Å². The van der Waals surface area contributed by atoms with E-state index < -0.39 is 0 Å². The molecule has 0 unspecified atom stereocenters. The van der Waals surface area contributed by atoms with Crippen LogP contribution in [0.2, 0.25) is 0 Å². The maximum atomic E-state index is 5.31. The second-order valence-electron chi connectivity index (χ2n) is 4.15. The first-order chi connectivity index (χ1) is 8.56. The first-order valence-electron chi connectivity index (χ1n) is 5.47. The summed E-state index contributed by atoms with van der Waals surface area (Å²) in [6.45, 7) is 4.17. The van der Waals surface area contributed by atoms with E-state index in [1.54, 1.807) is 11.6 Å². The van der Waals surface area contributed by atoms with Crippen LogP contribution < -0.4 is 0 Å². The zero-order valence-corrected chi connectivity index (χ0v) is 11.1. The molecule has 8 heteroatoms. The quantitative estimate of drug-likeness (QED) is 0.709. The van der Waals surface area contributed by atoms with Gasteiger partial charge >= 0.3 is 0 Å². The Labute approximate surface area is 107 Å². The third-order valence-electron chi connectivity index (χ3n) is 2.79. The number of rotatable bonds is 2. The van der Waals surface area contributed by atoms with E-state index in [0.29, 0.717) is 23.0 Å². The minimum atomic E-state index is 0.467. The summed E-state index contributed by atoms with van der Waals surface area (Å²) >= 11 is 5.31. The van der Waals surface area contributed by atoms with E-state index in [1.165, 1.54) is 0 Å². The Kier molecular flexibility index (Phi) is 2.34. The van der Waals surface area contributed by atoms with Gasteiger partial charge in [0.25, 0.3) is 0 Å². The van der Waals surface area contributed by atoms with Crippen molar-refractivity contribution in [3.63, 3.8) is 0 Å². The molecule has 0 atom stereocenters. The van der Waals surface area contributed by atoms with E-state index in [2.05, 4.69) is 20.2 Å². The Morgan fingerprint density at radius 2 is 2.17 bits per heavy atom. The molecule has 0 fully saturated rings. The number of nitrogens with one attached hydrogen (secondary N) is 1. The minimum Gasteiger partial charge on any atom is -0.340 e. The molecule has 0 saturated heterocycles. The number of aromatic amines is 1. The first-order valence-corrected chi connectivity index (χ1v) is 5.88. The smallest absolute Gasteiger partial charge is 0.223 e. The molecular weight excluding hydrogens is 252 g/mol. The maximum absolute atomic E-state index is 5.31. The summed E-state index contributed by atoms with van der Waals surface area (Å²) in [6, 6.07) is 0. The highest BCUT2D eigenvalue weighted by Crippen LogP contribution is 2.17. The molecule has 3 rings (SSSR count). The maximum Gasteiger partial charge on any atom is 0.223 e. The van der Waals surface area contributed by atoms with Crippen molar-refractivity contribution in [2.75, 3.05) is 0 Å². The fourth-order valence-corrected chi connectivity index (χ4v) is 2.32. The molecule has 0 saturated carbocycles. The number of hydrogen-bond donors (Lipinski definition) is 1. The van der Waals surface area contributed by atoms with Crippen LogP contribution in [0, 0.1) is 18.6 Å². The Hall–Kier alpha value is -1.96. The molecule has 0 aromatic carbocycles. The normalized spacial score (nSPS) is 11.5. The van der Waals surface area contributed by atoms with Crippen LogP contribution in [0.1, 0.15) is 17.4 Å². The van der Waals surface area contributed by atoms with Gasteiger partial charge in [-0.1, -0.05) is 5.16 Å². The van der Waals surface area contributed by atoms with E-state index in [0.717, 1.165) is 16.9 Å². The molecule has 94 valence electrons. The molecule has 0 aliphatic heterocycles. The predicted molar refractivity (Wildman–Crippen MR) is 66.8 cm³/mol. The summed E-state index contributed by atoms with van der Waals surface area (Å²) < 4.78 is 9.30. The monoisotopic (exact) mass is 264 g/mol. The van der Waals surface area contributed by atoms with Gasteiger partial charge in [0.15, 0.2) is 16.2 Å². The van der Waals surface area contributed by atoms with E-state index >= 15 is 0 Å². The lowest BCUT2D eigenvalue weighted by Gasteiger charge is -2.00. The number of imidazole rings is 1. The molecular formula is C10H12N6OS. The molecule has 3 aromatic heterocycles. The lowest BCUT2D eigenvalue weighted by Crippen LogP contribution is -2.05. The summed E-state index contributed by atoms with van der Waals surface area (Å²) in [4.78, 5) is 7.33. The van der Waals surface area contributed by atoms with E-state index in [-0.39, 0.29) is 0 Å². The third-order valence-corrected chi connectivity index (χ3v) is 3.12. The third kappa shape index (κ3) is 1.57. The fraction of sp³-hybridized carbons (Fsp3) is 0.400. The van der Waals surface area contributed by atoms with Crippen molar-refractivity contribution in [2.45, 2.75) is 20.4 Å². The fourth-order valence-electron chi connectivity index (χ4n) is 2.07. The van der Waals surface area contributed by atoms with Gasteiger partial charge in [-0.15, -0.1) is 0 Å². The molecule has 1 N–H and O–H groups in total. The van der Waals surface area contributed by atoms with Crippen molar-refractivity contribution in [1.29, 1.82) is 0 Å². The SMILES string of the molecule is Cc1nc(Cn2c(=S)[nH]c3c(C)nn(C)c32)no1. The largest absolute Gasteiger partial charge is 0.340 e. The number of hydrogen-bond acceptors (Lipinski definition) is 5. The molecule has 3 aromatic rings. The Morgan fingerprint density at radius 1 is 1.39 bits per heavy atom. The van der Waals surface area contributed by atoms with Crippen LogP contribution in [0.15, 0.2) is 4.52 Å².